The number of aromatic nitrogens is 1. The zero-order chi connectivity index (χ0) is 15.0. The number of aryl methyl sites for hydroxylation is 2. The Kier molecular flexibility index (Phi) is 3.26. The molecule has 1 aromatic heterocycles. The largest absolute Gasteiger partial charge is 0.496 e. The lowest BCUT2D eigenvalue weighted by molar-refractivity contribution is 0.103. The molecule has 1 N–H and O–H groups in total. The van der Waals surface area contributed by atoms with E-state index in [-0.39, 0.29) is 5.78 Å². The Morgan fingerprint density at radius 2 is 1.71 bits per heavy atom. The molecule has 0 aliphatic carbocycles. The lowest BCUT2D eigenvalue weighted by atomic mass is 9.99. The molecule has 0 bridgehead atoms. The zero-order valence-corrected chi connectivity index (χ0v) is 12.4. The molecule has 0 spiro atoms. The number of benzene rings is 2. The summed E-state index contributed by atoms with van der Waals surface area (Å²) in [6.45, 7) is 3.99. The lowest BCUT2D eigenvalue weighted by Crippen LogP contribution is -2.04. The van der Waals surface area contributed by atoms with Crippen LogP contribution in [0.2, 0.25) is 0 Å². The predicted molar refractivity (Wildman–Crippen MR) is 84.2 cm³/mol. The molecule has 0 atom stereocenters. The molecule has 1 heterocycles. The number of H-pyrrole nitrogens is 1. The number of ketones is 1. The zero-order valence-electron chi connectivity index (χ0n) is 12.4. The number of fused-ring (bicyclic) bond motifs is 1. The SMILES string of the molecule is COc1ccc(C)cc1C(=O)c1c[nH]c2ccc(C)cc12. The average molecular weight is 279 g/mol. The second-order valence-corrected chi connectivity index (χ2v) is 5.28. The monoisotopic (exact) mass is 279 g/mol. The summed E-state index contributed by atoms with van der Waals surface area (Å²) in [6, 6.07) is 11.7. The van der Waals surface area contributed by atoms with E-state index in [0.717, 1.165) is 22.0 Å². The Bertz CT molecular complexity index is 830. The van der Waals surface area contributed by atoms with Crippen LogP contribution >= 0.6 is 0 Å². The number of hydrogen-bond acceptors (Lipinski definition) is 2. The molecular formula is C18H17NO2. The fraction of sp³-hybridized carbons (Fsp3) is 0.167. The minimum atomic E-state index is -0.0209. The quantitative estimate of drug-likeness (QED) is 0.736. The predicted octanol–water partition coefficient (Wildman–Crippen LogP) is 4.02. The third-order valence-corrected chi connectivity index (χ3v) is 3.68. The molecule has 0 saturated heterocycles. The van der Waals surface area contributed by atoms with Gasteiger partial charge in [-0.15, -0.1) is 0 Å². The van der Waals surface area contributed by atoms with Crippen molar-refractivity contribution in [1.29, 1.82) is 0 Å². The van der Waals surface area contributed by atoms with Gasteiger partial charge in [-0.2, -0.15) is 0 Å². The highest BCUT2D eigenvalue weighted by Gasteiger charge is 2.18. The molecule has 0 aliphatic heterocycles. The Morgan fingerprint density at radius 1 is 1.00 bits per heavy atom. The van der Waals surface area contributed by atoms with E-state index in [4.69, 9.17) is 4.74 Å². The molecule has 0 fully saturated rings. The van der Waals surface area contributed by atoms with Crippen LogP contribution in [-0.4, -0.2) is 17.9 Å². The third kappa shape index (κ3) is 2.31. The fourth-order valence-corrected chi connectivity index (χ4v) is 2.57. The normalized spacial score (nSPS) is 10.8. The van der Waals surface area contributed by atoms with Gasteiger partial charge in [0.25, 0.3) is 0 Å². The van der Waals surface area contributed by atoms with Crippen molar-refractivity contribution in [2.24, 2.45) is 0 Å². The Balaban J connectivity index is 2.17. The van der Waals surface area contributed by atoms with E-state index in [0.29, 0.717) is 16.9 Å². The molecule has 3 rings (SSSR count). The number of hydrogen-bond donors (Lipinski definition) is 1. The van der Waals surface area contributed by atoms with Gasteiger partial charge in [-0.25, -0.2) is 0 Å². The van der Waals surface area contributed by atoms with Gasteiger partial charge in [0.05, 0.1) is 12.7 Å². The number of rotatable bonds is 3. The van der Waals surface area contributed by atoms with E-state index in [1.54, 1.807) is 13.3 Å². The van der Waals surface area contributed by atoms with Crippen LogP contribution in [0.1, 0.15) is 27.0 Å². The van der Waals surface area contributed by atoms with Crippen LogP contribution in [-0.2, 0) is 0 Å². The van der Waals surface area contributed by atoms with Gasteiger partial charge >= 0.3 is 0 Å². The minimum Gasteiger partial charge on any atom is -0.496 e. The number of ether oxygens (including phenoxy) is 1. The molecular weight excluding hydrogens is 262 g/mol. The molecule has 106 valence electrons. The van der Waals surface area contributed by atoms with Crippen LogP contribution in [0.15, 0.2) is 42.6 Å². The van der Waals surface area contributed by atoms with E-state index in [9.17, 15) is 4.79 Å². The summed E-state index contributed by atoms with van der Waals surface area (Å²) in [5, 5.41) is 0.948. The van der Waals surface area contributed by atoms with Crippen molar-refractivity contribution >= 4 is 16.7 Å². The summed E-state index contributed by atoms with van der Waals surface area (Å²) in [5.41, 5.74) is 4.41. The summed E-state index contributed by atoms with van der Waals surface area (Å²) < 4.78 is 5.32. The van der Waals surface area contributed by atoms with E-state index < -0.39 is 0 Å². The second kappa shape index (κ2) is 5.09. The smallest absolute Gasteiger partial charge is 0.198 e. The topological polar surface area (TPSA) is 42.1 Å². The Hall–Kier alpha value is -2.55. The number of nitrogens with one attached hydrogen (secondary N) is 1. The maximum Gasteiger partial charge on any atom is 0.198 e. The first kappa shape index (κ1) is 13.4. The molecule has 0 aliphatic rings. The first-order valence-corrected chi connectivity index (χ1v) is 6.87. The average Bonchev–Trinajstić information content (AvgIpc) is 2.89. The number of carbonyl (C=O) groups is 1. The maximum absolute atomic E-state index is 12.9. The first-order valence-electron chi connectivity index (χ1n) is 6.87. The summed E-state index contributed by atoms with van der Waals surface area (Å²) in [5.74, 6) is 0.583. The Labute approximate surface area is 123 Å². The van der Waals surface area contributed by atoms with Gasteiger partial charge in [0, 0.05) is 22.7 Å². The van der Waals surface area contributed by atoms with Gasteiger partial charge in [-0.05, 0) is 38.1 Å². The summed E-state index contributed by atoms with van der Waals surface area (Å²) >= 11 is 0. The lowest BCUT2D eigenvalue weighted by Gasteiger charge is -2.08. The van der Waals surface area contributed by atoms with Gasteiger partial charge in [-0.3, -0.25) is 4.79 Å². The number of aromatic amines is 1. The van der Waals surface area contributed by atoms with Crippen molar-refractivity contribution in [2.45, 2.75) is 13.8 Å². The van der Waals surface area contributed by atoms with E-state index in [1.807, 2.05) is 50.2 Å². The fourth-order valence-electron chi connectivity index (χ4n) is 2.57. The van der Waals surface area contributed by atoms with Gasteiger partial charge in [0.15, 0.2) is 5.78 Å². The van der Waals surface area contributed by atoms with Crippen LogP contribution in [0.4, 0.5) is 0 Å². The van der Waals surface area contributed by atoms with Gasteiger partial charge < -0.3 is 9.72 Å². The van der Waals surface area contributed by atoms with Crippen molar-refractivity contribution in [2.75, 3.05) is 7.11 Å². The molecule has 0 radical (unpaired) electrons. The highest BCUT2D eigenvalue weighted by atomic mass is 16.5. The molecule has 3 aromatic rings. The van der Waals surface area contributed by atoms with E-state index >= 15 is 0 Å². The molecule has 0 saturated carbocycles. The summed E-state index contributed by atoms with van der Waals surface area (Å²) in [4.78, 5) is 16.0. The van der Waals surface area contributed by atoms with Crippen molar-refractivity contribution < 1.29 is 9.53 Å². The van der Waals surface area contributed by atoms with E-state index in [1.165, 1.54) is 0 Å². The van der Waals surface area contributed by atoms with Crippen molar-refractivity contribution in [3.63, 3.8) is 0 Å². The summed E-state index contributed by atoms with van der Waals surface area (Å²) in [7, 11) is 1.58. The number of methoxy groups -OCH3 is 1. The van der Waals surface area contributed by atoms with Crippen molar-refractivity contribution in [3.05, 3.63) is 64.8 Å². The minimum absolute atomic E-state index is 0.0209. The van der Waals surface area contributed by atoms with Gasteiger partial charge in [0.2, 0.25) is 0 Å². The molecule has 0 amide bonds. The third-order valence-electron chi connectivity index (χ3n) is 3.68. The van der Waals surface area contributed by atoms with Crippen molar-refractivity contribution in [1.82, 2.24) is 4.98 Å². The molecule has 21 heavy (non-hydrogen) atoms. The van der Waals surface area contributed by atoms with Crippen molar-refractivity contribution in [3.8, 4) is 5.75 Å². The van der Waals surface area contributed by atoms with Gasteiger partial charge in [-0.1, -0.05) is 23.3 Å². The van der Waals surface area contributed by atoms with Crippen LogP contribution in [0.25, 0.3) is 10.9 Å². The van der Waals surface area contributed by atoms with Crippen LogP contribution in [0.5, 0.6) is 5.75 Å². The second-order valence-electron chi connectivity index (χ2n) is 5.28. The Morgan fingerprint density at radius 3 is 2.48 bits per heavy atom. The molecule has 0 unspecified atom stereocenters. The highest BCUT2D eigenvalue weighted by molar-refractivity contribution is 6.17. The number of carbonyl (C=O) groups excluding carboxylic acids is 1. The highest BCUT2D eigenvalue weighted by Crippen LogP contribution is 2.27. The molecule has 3 heteroatoms. The van der Waals surface area contributed by atoms with Crippen LogP contribution in [0.3, 0.4) is 0 Å². The van der Waals surface area contributed by atoms with Crippen LogP contribution < -0.4 is 4.74 Å². The molecule has 3 nitrogen and oxygen atoms in total. The van der Waals surface area contributed by atoms with Crippen LogP contribution in [0, 0.1) is 13.8 Å². The first-order chi connectivity index (χ1) is 10.1. The maximum atomic E-state index is 12.9. The molecule has 2 aromatic carbocycles. The summed E-state index contributed by atoms with van der Waals surface area (Å²) in [6.07, 6.45) is 1.77. The standard InChI is InChI=1S/C18H17NO2/c1-11-4-6-16-13(8-11)15(10-19-16)18(20)14-9-12(2)5-7-17(14)21-3/h4-10,19H,1-3H3. The van der Waals surface area contributed by atoms with E-state index in [2.05, 4.69) is 4.98 Å². The van der Waals surface area contributed by atoms with Gasteiger partial charge in [0.1, 0.15) is 5.75 Å².